The largest absolute Gasteiger partial charge is 0.494 e. The minimum atomic E-state index is -0.413. The molecule has 0 bridgehead atoms. The molecule has 4 rings (SSSR count). The first kappa shape index (κ1) is 18.5. The second kappa shape index (κ2) is 7.61. The summed E-state index contributed by atoms with van der Waals surface area (Å²) in [5.74, 6) is -0.375. The molecular weight excluding hydrogens is 356 g/mol. The van der Waals surface area contributed by atoms with Crippen LogP contribution in [0.5, 0.6) is 5.88 Å². The number of hydrogen-bond donors (Lipinski definition) is 2. The number of benzene rings is 1. The van der Waals surface area contributed by atoms with Crippen molar-refractivity contribution in [3.8, 4) is 17.1 Å². The number of rotatable bonds is 4. The molecule has 3 aromatic rings. The number of methoxy groups -OCH3 is 1. The fourth-order valence-electron chi connectivity index (χ4n) is 3.61. The molecule has 7 nitrogen and oxygen atoms in total. The Balaban J connectivity index is 1.60. The maximum Gasteiger partial charge on any atom is 0.337 e. The monoisotopic (exact) mass is 380 g/mol. The van der Waals surface area contributed by atoms with Crippen molar-refractivity contribution in [1.82, 2.24) is 19.8 Å². The molecule has 2 aromatic heterocycles. The Morgan fingerprint density at radius 3 is 2.68 bits per heavy atom. The van der Waals surface area contributed by atoms with Crippen LogP contribution in [0.4, 0.5) is 0 Å². The maximum absolute atomic E-state index is 11.8. The average Bonchev–Trinajstić information content (AvgIpc) is 3.04. The van der Waals surface area contributed by atoms with Crippen LogP contribution < -0.4 is 0 Å². The van der Waals surface area contributed by atoms with E-state index in [0.29, 0.717) is 16.8 Å². The number of pyridine rings is 1. The number of likely N-dealkylation sites (N-methyl/N-ethyl adjacent to an activating group) is 1. The Bertz CT molecular complexity index is 989. The summed E-state index contributed by atoms with van der Waals surface area (Å²) < 4.78 is 4.80. The van der Waals surface area contributed by atoms with Crippen molar-refractivity contribution in [1.29, 1.82) is 0 Å². The molecule has 1 aliphatic heterocycles. The normalized spacial score (nSPS) is 15.8. The molecule has 28 heavy (non-hydrogen) atoms. The van der Waals surface area contributed by atoms with Gasteiger partial charge in [-0.05, 0) is 36.9 Å². The van der Waals surface area contributed by atoms with Crippen molar-refractivity contribution in [2.45, 2.75) is 6.54 Å². The zero-order valence-electron chi connectivity index (χ0n) is 16.1. The van der Waals surface area contributed by atoms with Gasteiger partial charge in [0.15, 0.2) is 5.88 Å². The maximum atomic E-state index is 11.8. The highest BCUT2D eigenvalue weighted by Gasteiger charge is 2.18. The lowest BCUT2D eigenvalue weighted by Gasteiger charge is -2.32. The standard InChI is InChI=1S/C21H24N4O3/c1-24-7-9-25(10-8-24)13-14-3-5-18(22-12-14)19-16-11-15(21(27)28-2)4-6-17(16)23-20(19)26/h3-6,11-12,23,26H,7-10,13H2,1-2H3. The lowest BCUT2D eigenvalue weighted by atomic mass is 10.1. The smallest absolute Gasteiger partial charge is 0.337 e. The van der Waals surface area contributed by atoms with Gasteiger partial charge in [-0.3, -0.25) is 9.88 Å². The van der Waals surface area contributed by atoms with Crippen LogP contribution in [0.1, 0.15) is 15.9 Å². The SMILES string of the molecule is COC(=O)c1ccc2[nH]c(O)c(-c3ccc(CN4CCN(C)CC4)cn3)c2c1. The number of nitrogens with zero attached hydrogens (tertiary/aromatic N) is 3. The van der Waals surface area contributed by atoms with Crippen LogP contribution in [-0.2, 0) is 11.3 Å². The zero-order chi connectivity index (χ0) is 19.7. The van der Waals surface area contributed by atoms with E-state index >= 15 is 0 Å². The third kappa shape index (κ3) is 3.58. The summed E-state index contributed by atoms with van der Waals surface area (Å²) in [5.41, 5.74) is 3.56. The average molecular weight is 380 g/mol. The molecule has 2 N–H and O–H groups in total. The summed E-state index contributed by atoms with van der Waals surface area (Å²) in [4.78, 5) is 24.1. The Morgan fingerprint density at radius 2 is 2.00 bits per heavy atom. The van der Waals surface area contributed by atoms with Crippen molar-refractivity contribution in [2.75, 3.05) is 40.3 Å². The minimum Gasteiger partial charge on any atom is -0.494 e. The number of aromatic nitrogens is 2. The van der Waals surface area contributed by atoms with E-state index in [9.17, 15) is 9.90 Å². The van der Waals surface area contributed by atoms with Gasteiger partial charge in [-0.2, -0.15) is 0 Å². The highest BCUT2D eigenvalue weighted by Crippen LogP contribution is 2.36. The third-order valence-corrected chi connectivity index (χ3v) is 5.28. The molecule has 0 amide bonds. The summed E-state index contributed by atoms with van der Waals surface area (Å²) in [6.07, 6.45) is 1.86. The molecule has 1 aromatic carbocycles. The molecule has 0 unspecified atom stereocenters. The van der Waals surface area contributed by atoms with E-state index in [1.54, 1.807) is 18.2 Å². The first-order chi connectivity index (χ1) is 13.5. The molecule has 0 aliphatic carbocycles. The predicted molar refractivity (Wildman–Crippen MR) is 107 cm³/mol. The number of hydrogen-bond acceptors (Lipinski definition) is 6. The minimum absolute atomic E-state index is 0.0383. The van der Waals surface area contributed by atoms with E-state index in [4.69, 9.17) is 4.74 Å². The summed E-state index contributed by atoms with van der Waals surface area (Å²) in [7, 11) is 3.50. The molecule has 1 saturated heterocycles. The predicted octanol–water partition coefficient (Wildman–Crippen LogP) is 2.47. The number of carbonyl (C=O) groups excluding carboxylic acids is 1. The number of nitrogens with one attached hydrogen (secondary N) is 1. The first-order valence-corrected chi connectivity index (χ1v) is 9.34. The number of carbonyl (C=O) groups is 1. The van der Waals surface area contributed by atoms with Gasteiger partial charge in [0.1, 0.15) is 0 Å². The van der Waals surface area contributed by atoms with Gasteiger partial charge in [-0.15, -0.1) is 0 Å². The van der Waals surface area contributed by atoms with Gasteiger partial charge < -0.3 is 19.7 Å². The molecule has 1 fully saturated rings. The number of fused-ring (bicyclic) bond motifs is 1. The second-order valence-electron chi connectivity index (χ2n) is 7.23. The van der Waals surface area contributed by atoms with E-state index in [1.807, 2.05) is 18.3 Å². The van der Waals surface area contributed by atoms with E-state index in [-0.39, 0.29) is 5.88 Å². The molecule has 0 radical (unpaired) electrons. The number of aromatic amines is 1. The van der Waals surface area contributed by atoms with Crippen LogP contribution in [0.3, 0.4) is 0 Å². The molecular formula is C21H24N4O3. The quantitative estimate of drug-likeness (QED) is 0.677. The Kier molecular flexibility index (Phi) is 5.02. The molecule has 7 heteroatoms. The number of esters is 1. The fourth-order valence-corrected chi connectivity index (χ4v) is 3.61. The summed E-state index contributed by atoms with van der Waals surface area (Å²) in [5, 5.41) is 11.1. The summed E-state index contributed by atoms with van der Waals surface area (Å²) >= 11 is 0. The van der Waals surface area contributed by atoms with Gasteiger partial charge >= 0.3 is 5.97 Å². The summed E-state index contributed by atoms with van der Waals surface area (Å²) in [6.45, 7) is 5.14. The molecule has 146 valence electrons. The lowest BCUT2D eigenvalue weighted by molar-refractivity contribution is 0.0601. The van der Waals surface area contributed by atoms with Crippen molar-refractivity contribution in [3.63, 3.8) is 0 Å². The highest BCUT2D eigenvalue weighted by molar-refractivity contribution is 6.02. The van der Waals surface area contributed by atoms with Crippen LogP contribution in [0.25, 0.3) is 22.2 Å². The number of aromatic hydroxyl groups is 1. The highest BCUT2D eigenvalue weighted by atomic mass is 16.5. The first-order valence-electron chi connectivity index (χ1n) is 9.34. The fraction of sp³-hybridized carbons (Fsp3) is 0.333. The topological polar surface area (TPSA) is 81.7 Å². The van der Waals surface area contributed by atoms with Gasteiger partial charge in [0.05, 0.1) is 23.9 Å². The van der Waals surface area contributed by atoms with Gasteiger partial charge in [-0.25, -0.2) is 4.79 Å². The lowest BCUT2D eigenvalue weighted by Crippen LogP contribution is -2.43. The molecule has 0 spiro atoms. The molecule has 0 atom stereocenters. The van der Waals surface area contributed by atoms with E-state index < -0.39 is 5.97 Å². The van der Waals surface area contributed by atoms with Crippen LogP contribution >= 0.6 is 0 Å². The Hall–Kier alpha value is -2.90. The molecule has 1 aliphatic rings. The van der Waals surface area contributed by atoms with Crippen molar-refractivity contribution < 1.29 is 14.6 Å². The van der Waals surface area contributed by atoms with E-state index in [1.165, 1.54) is 7.11 Å². The molecule has 0 saturated carbocycles. The van der Waals surface area contributed by atoms with E-state index in [0.717, 1.165) is 49.2 Å². The van der Waals surface area contributed by atoms with Crippen LogP contribution in [-0.4, -0.2) is 71.2 Å². The second-order valence-corrected chi connectivity index (χ2v) is 7.23. The van der Waals surface area contributed by atoms with Crippen molar-refractivity contribution in [2.24, 2.45) is 0 Å². The number of H-pyrrole nitrogens is 1. The number of piperazine rings is 1. The Morgan fingerprint density at radius 1 is 1.21 bits per heavy atom. The summed E-state index contributed by atoms with van der Waals surface area (Å²) in [6, 6.07) is 9.10. The van der Waals surface area contributed by atoms with Crippen LogP contribution in [0.15, 0.2) is 36.5 Å². The van der Waals surface area contributed by atoms with Gasteiger partial charge in [0.2, 0.25) is 0 Å². The van der Waals surface area contributed by atoms with Crippen LogP contribution in [0, 0.1) is 0 Å². The number of ether oxygens (including phenoxy) is 1. The molecule has 3 heterocycles. The zero-order valence-corrected chi connectivity index (χ0v) is 16.1. The third-order valence-electron chi connectivity index (χ3n) is 5.28. The van der Waals surface area contributed by atoms with Gasteiger partial charge in [0.25, 0.3) is 0 Å². The van der Waals surface area contributed by atoms with E-state index in [2.05, 4.69) is 26.8 Å². The van der Waals surface area contributed by atoms with Gasteiger partial charge in [-0.1, -0.05) is 6.07 Å². The van der Waals surface area contributed by atoms with Gasteiger partial charge in [0, 0.05) is 49.8 Å². The van der Waals surface area contributed by atoms with Crippen molar-refractivity contribution >= 4 is 16.9 Å². The van der Waals surface area contributed by atoms with Crippen LogP contribution in [0.2, 0.25) is 0 Å². The Labute approximate surface area is 163 Å². The van der Waals surface area contributed by atoms with Crippen molar-refractivity contribution in [3.05, 3.63) is 47.7 Å².